The lowest BCUT2D eigenvalue weighted by molar-refractivity contribution is 0.0443. The largest absolute Gasteiger partial charge is 0.460 e. The molecule has 2 aliphatic carbocycles. The van der Waals surface area contributed by atoms with Crippen LogP contribution in [0.1, 0.15) is 86.7 Å². The van der Waals surface area contributed by atoms with Gasteiger partial charge in [0.05, 0.1) is 13.2 Å². The average Bonchev–Trinajstić information content (AvgIpc) is 3.57. The van der Waals surface area contributed by atoms with Gasteiger partial charge in [-0.1, -0.05) is 48.5 Å². The maximum Gasteiger partial charge on any atom is 0.410 e. The third-order valence-electron chi connectivity index (χ3n) is 7.84. The van der Waals surface area contributed by atoms with Crippen molar-refractivity contribution in [3.63, 3.8) is 0 Å². The second-order valence-electron chi connectivity index (χ2n) is 12.1. The zero-order chi connectivity index (χ0) is 30.6. The highest BCUT2D eigenvalue weighted by atomic mass is 16.6. The molecule has 0 spiro atoms. The van der Waals surface area contributed by atoms with Crippen LogP contribution in [-0.4, -0.2) is 54.0 Å². The number of esters is 1. The van der Waals surface area contributed by atoms with Gasteiger partial charge < -0.3 is 23.9 Å². The smallest absolute Gasteiger partial charge is 0.410 e. The summed E-state index contributed by atoms with van der Waals surface area (Å²) in [6.07, 6.45) is 1.92. The molecule has 1 N–H and O–H groups in total. The Kier molecular flexibility index (Phi) is 9.08. The molecule has 2 aliphatic rings. The third-order valence-corrected chi connectivity index (χ3v) is 7.84. The number of furan rings is 1. The van der Waals surface area contributed by atoms with E-state index in [1.807, 2.05) is 45.0 Å². The zero-order valence-electron chi connectivity index (χ0n) is 25.3. The molecule has 228 valence electrons. The highest BCUT2D eigenvalue weighted by molar-refractivity contribution is 5.86. The molecule has 1 saturated carbocycles. The second-order valence-corrected chi connectivity index (χ2v) is 12.1. The molecule has 43 heavy (non-hydrogen) atoms. The molecule has 9 nitrogen and oxygen atoms in total. The molecule has 9 heteroatoms. The first-order chi connectivity index (χ1) is 20.6. The van der Waals surface area contributed by atoms with Crippen LogP contribution in [-0.2, 0) is 20.8 Å². The lowest BCUT2D eigenvalue weighted by atomic mass is 9.90. The molecular weight excluding hydrogens is 548 g/mol. The summed E-state index contributed by atoms with van der Waals surface area (Å²) in [5, 5.41) is 2.97. The SMILES string of the molecule is CCOC(=O)c1ccc(CN(C(=O)OCC2c3ccccc3-c3ccccc32)[C@@H]2CCC[C@@H](NC(=O)OC(C)(C)C)C2)o1. The van der Waals surface area contributed by atoms with Gasteiger partial charge in [0.15, 0.2) is 0 Å². The summed E-state index contributed by atoms with van der Waals surface area (Å²) in [6, 6.07) is 19.2. The molecule has 0 bridgehead atoms. The fraction of sp³-hybridized carbons (Fsp3) is 0.441. The first-order valence-corrected chi connectivity index (χ1v) is 15.0. The summed E-state index contributed by atoms with van der Waals surface area (Å²) in [5.41, 5.74) is 3.96. The summed E-state index contributed by atoms with van der Waals surface area (Å²) in [5.74, 6) is -0.109. The first kappa shape index (κ1) is 30.2. The Labute approximate surface area is 252 Å². The lowest BCUT2D eigenvalue weighted by Gasteiger charge is -2.37. The van der Waals surface area contributed by atoms with Gasteiger partial charge in [-0.2, -0.15) is 0 Å². The lowest BCUT2D eigenvalue weighted by Crippen LogP contribution is -2.48. The summed E-state index contributed by atoms with van der Waals surface area (Å²) < 4.78 is 22.3. The molecule has 0 saturated heterocycles. The van der Waals surface area contributed by atoms with Crippen LogP contribution in [0.4, 0.5) is 9.59 Å². The average molecular weight is 589 g/mol. The van der Waals surface area contributed by atoms with Crippen LogP contribution in [0, 0.1) is 0 Å². The highest BCUT2D eigenvalue weighted by Crippen LogP contribution is 2.44. The summed E-state index contributed by atoms with van der Waals surface area (Å²) in [4.78, 5) is 40.2. The third kappa shape index (κ3) is 7.21. The molecule has 0 aliphatic heterocycles. The van der Waals surface area contributed by atoms with E-state index < -0.39 is 23.8 Å². The molecule has 2 atom stereocenters. The number of amides is 2. The van der Waals surface area contributed by atoms with Crippen molar-refractivity contribution < 1.29 is 33.0 Å². The number of ether oxygens (including phenoxy) is 3. The number of rotatable bonds is 8. The molecule has 2 aromatic carbocycles. The first-order valence-electron chi connectivity index (χ1n) is 15.0. The minimum atomic E-state index is -0.610. The van der Waals surface area contributed by atoms with E-state index in [2.05, 4.69) is 29.6 Å². The van der Waals surface area contributed by atoms with Crippen LogP contribution in [0.2, 0.25) is 0 Å². The fourth-order valence-corrected chi connectivity index (χ4v) is 6.01. The standard InChI is InChI=1S/C34H40N2O7/c1-5-40-31(37)30-18-17-24(42-30)20-36(23-12-10-11-22(19-23)35-32(38)43-34(2,3)4)33(39)41-21-29-27-15-8-6-13-25(27)26-14-7-9-16-28(26)29/h6-9,13-18,22-23,29H,5,10-12,19-21H2,1-4H3,(H,35,38)/t22-,23-/m1/s1. The Bertz CT molecular complexity index is 1410. The minimum absolute atomic E-state index is 0.0785. The summed E-state index contributed by atoms with van der Waals surface area (Å²) in [7, 11) is 0. The van der Waals surface area contributed by atoms with Crippen molar-refractivity contribution >= 4 is 18.2 Å². The molecule has 5 rings (SSSR count). The normalized spacial score (nSPS) is 17.9. The zero-order valence-corrected chi connectivity index (χ0v) is 25.3. The quantitative estimate of drug-likeness (QED) is 0.222. The van der Waals surface area contributed by atoms with Crippen LogP contribution >= 0.6 is 0 Å². The van der Waals surface area contributed by atoms with Crippen molar-refractivity contribution in [2.24, 2.45) is 0 Å². The summed E-state index contributed by atoms with van der Waals surface area (Å²) in [6.45, 7) is 7.72. The van der Waals surface area contributed by atoms with Gasteiger partial charge in [-0.15, -0.1) is 0 Å². The van der Waals surface area contributed by atoms with Gasteiger partial charge in [0, 0.05) is 18.0 Å². The number of alkyl carbamates (subject to hydrolysis) is 1. The molecule has 0 unspecified atom stereocenters. The van der Waals surface area contributed by atoms with Crippen molar-refractivity contribution in [1.82, 2.24) is 10.2 Å². The predicted molar refractivity (Wildman–Crippen MR) is 161 cm³/mol. The number of hydrogen-bond donors (Lipinski definition) is 1. The number of carbonyl (C=O) groups excluding carboxylic acids is 3. The Hall–Kier alpha value is -4.27. The van der Waals surface area contributed by atoms with Crippen LogP contribution < -0.4 is 5.32 Å². The van der Waals surface area contributed by atoms with E-state index in [0.29, 0.717) is 12.2 Å². The molecule has 1 fully saturated rings. The maximum absolute atomic E-state index is 13.8. The van der Waals surface area contributed by atoms with E-state index >= 15 is 0 Å². The van der Waals surface area contributed by atoms with E-state index in [-0.39, 0.29) is 43.5 Å². The van der Waals surface area contributed by atoms with Crippen molar-refractivity contribution in [1.29, 1.82) is 0 Å². The van der Waals surface area contributed by atoms with Gasteiger partial charge in [-0.05, 0) is 87.8 Å². The number of fused-ring (bicyclic) bond motifs is 3. The number of nitrogens with zero attached hydrogens (tertiary/aromatic N) is 1. The van der Waals surface area contributed by atoms with E-state index in [0.717, 1.165) is 41.5 Å². The Morgan fingerprint density at radius 2 is 1.60 bits per heavy atom. The van der Waals surface area contributed by atoms with Gasteiger partial charge in [0.1, 0.15) is 18.0 Å². The Balaban J connectivity index is 1.33. The van der Waals surface area contributed by atoms with Gasteiger partial charge in [0.2, 0.25) is 5.76 Å². The molecule has 2 amide bonds. The van der Waals surface area contributed by atoms with Crippen LogP contribution in [0.25, 0.3) is 11.1 Å². The van der Waals surface area contributed by atoms with E-state index in [9.17, 15) is 14.4 Å². The van der Waals surface area contributed by atoms with Gasteiger partial charge in [-0.25, -0.2) is 14.4 Å². The van der Waals surface area contributed by atoms with Crippen LogP contribution in [0.5, 0.6) is 0 Å². The molecular formula is C34H40N2O7. The summed E-state index contributed by atoms with van der Waals surface area (Å²) >= 11 is 0. The number of nitrogens with one attached hydrogen (secondary N) is 1. The molecule has 1 heterocycles. The van der Waals surface area contributed by atoms with Crippen molar-refractivity contribution in [3.8, 4) is 11.1 Å². The molecule has 0 radical (unpaired) electrons. The van der Waals surface area contributed by atoms with Crippen LogP contribution in [0.15, 0.2) is 65.1 Å². The van der Waals surface area contributed by atoms with E-state index in [4.69, 9.17) is 18.6 Å². The second kappa shape index (κ2) is 12.9. The number of benzene rings is 2. The van der Waals surface area contributed by atoms with Crippen molar-refractivity contribution in [2.45, 2.75) is 83.5 Å². The van der Waals surface area contributed by atoms with Gasteiger partial charge in [0.25, 0.3) is 0 Å². The predicted octanol–water partition coefficient (Wildman–Crippen LogP) is 7.04. The van der Waals surface area contributed by atoms with E-state index in [1.54, 1.807) is 24.0 Å². The Morgan fingerprint density at radius 1 is 0.930 bits per heavy atom. The van der Waals surface area contributed by atoms with E-state index in [1.165, 1.54) is 0 Å². The van der Waals surface area contributed by atoms with Crippen LogP contribution in [0.3, 0.4) is 0 Å². The molecule has 3 aromatic rings. The number of hydrogen-bond acceptors (Lipinski definition) is 7. The van der Waals surface area contributed by atoms with Gasteiger partial charge >= 0.3 is 18.2 Å². The van der Waals surface area contributed by atoms with Crippen molar-refractivity contribution in [2.75, 3.05) is 13.2 Å². The monoisotopic (exact) mass is 588 g/mol. The Morgan fingerprint density at radius 3 is 2.26 bits per heavy atom. The topological polar surface area (TPSA) is 107 Å². The van der Waals surface area contributed by atoms with Crippen molar-refractivity contribution in [3.05, 3.63) is 83.3 Å². The van der Waals surface area contributed by atoms with Gasteiger partial charge in [-0.3, -0.25) is 4.90 Å². The minimum Gasteiger partial charge on any atom is -0.460 e. The fourth-order valence-electron chi connectivity index (χ4n) is 6.01. The number of carbonyl (C=O) groups is 3. The molecule has 1 aromatic heterocycles. The highest BCUT2D eigenvalue weighted by Gasteiger charge is 2.35. The maximum atomic E-state index is 13.8.